The number of carbonyl (C=O) groups is 1. The summed E-state index contributed by atoms with van der Waals surface area (Å²) in [6.45, 7) is 7.36. The van der Waals surface area contributed by atoms with Crippen LogP contribution in [-0.2, 0) is 0 Å². The van der Waals surface area contributed by atoms with E-state index in [2.05, 4.69) is 24.5 Å². The molecule has 0 aliphatic carbocycles. The Labute approximate surface area is 121 Å². The molecule has 3 nitrogen and oxygen atoms in total. The summed E-state index contributed by atoms with van der Waals surface area (Å²) in [5, 5.41) is 6.59. The smallest absolute Gasteiger partial charge is 0.251 e. The number of aryl methyl sites for hydroxylation is 1. The zero-order valence-corrected chi connectivity index (χ0v) is 12.6. The van der Waals surface area contributed by atoms with Gasteiger partial charge < -0.3 is 10.6 Å². The second kappa shape index (κ2) is 6.92. The molecule has 3 unspecified atom stereocenters. The molecule has 2 rings (SSSR count). The van der Waals surface area contributed by atoms with Crippen LogP contribution in [0.3, 0.4) is 0 Å². The van der Waals surface area contributed by atoms with E-state index in [1.54, 1.807) is 0 Å². The van der Waals surface area contributed by atoms with Crippen LogP contribution < -0.4 is 10.6 Å². The zero-order valence-electron chi connectivity index (χ0n) is 11.8. The number of benzene rings is 1. The molecule has 1 aliphatic rings. The van der Waals surface area contributed by atoms with E-state index in [1.165, 1.54) is 0 Å². The van der Waals surface area contributed by atoms with E-state index >= 15 is 0 Å². The van der Waals surface area contributed by atoms with E-state index < -0.39 is 0 Å². The summed E-state index contributed by atoms with van der Waals surface area (Å²) in [6, 6.07) is 8.28. The highest BCUT2D eigenvalue weighted by Crippen LogP contribution is 2.17. The molecular weight excluding hydrogens is 260 g/mol. The molecule has 1 saturated heterocycles. The molecule has 3 atom stereocenters. The zero-order chi connectivity index (χ0) is 13.1. The van der Waals surface area contributed by atoms with Gasteiger partial charge in [-0.15, -0.1) is 12.4 Å². The van der Waals surface area contributed by atoms with E-state index in [1.807, 2.05) is 31.2 Å². The van der Waals surface area contributed by atoms with Crippen LogP contribution in [-0.4, -0.2) is 24.5 Å². The SMILES string of the molecule is Cc1ccccc1C(=O)NC1C(C)CCNC1C.Cl. The molecular formula is C15H23ClN2O. The van der Waals surface area contributed by atoms with E-state index in [0.29, 0.717) is 12.0 Å². The lowest BCUT2D eigenvalue weighted by atomic mass is 9.89. The van der Waals surface area contributed by atoms with E-state index in [-0.39, 0.29) is 24.4 Å². The Morgan fingerprint density at radius 1 is 1.32 bits per heavy atom. The molecule has 0 aromatic heterocycles. The van der Waals surface area contributed by atoms with Crippen LogP contribution in [0.1, 0.15) is 36.2 Å². The van der Waals surface area contributed by atoms with Gasteiger partial charge in [-0.2, -0.15) is 0 Å². The van der Waals surface area contributed by atoms with Crippen molar-refractivity contribution in [2.75, 3.05) is 6.54 Å². The first-order chi connectivity index (χ1) is 8.59. The minimum atomic E-state index is 0. The summed E-state index contributed by atoms with van der Waals surface area (Å²) in [7, 11) is 0. The number of halogens is 1. The number of hydrogen-bond acceptors (Lipinski definition) is 2. The van der Waals surface area contributed by atoms with Gasteiger partial charge in [0, 0.05) is 17.6 Å². The molecule has 1 heterocycles. The highest BCUT2D eigenvalue weighted by Gasteiger charge is 2.29. The fraction of sp³-hybridized carbons (Fsp3) is 0.533. The molecule has 1 fully saturated rings. The average molecular weight is 283 g/mol. The minimum Gasteiger partial charge on any atom is -0.347 e. The Kier molecular flexibility index (Phi) is 5.83. The monoisotopic (exact) mass is 282 g/mol. The van der Waals surface area contributed by atoms with Crippen LogP contribution in [0, 0.1) is 12.8 Å². The first-order valence-electron chi connectivity index (χ1n) is 6.69. The lowest BCUT2D eigenvalue weighted by molar-refractivity contribution is 0.0897. The molecule has 106 valence electrons. The van der Waals surface area contributed by atoms with Crippen LogP contribution >= 0.6 is 12.4 Å². The number of hydrogen-bond donors (Lipinski definition) is 2. The van der Waals surface area contributed by atoms with Crippen molar-refractivity contribution in [2.24, 2.45) is 5.92 Å². The topological polar surface area (TPSA) is 41.1 Å². The van der Waals surface area contributed by atoms with Gasteiger partial charge in [0.1, 0.15) is 0 Å². The van der Waals surface area contributed by atoms with Crippen molar-refractivity contribution in [1.82, 2.24) is 10.6 Å². The van der Waals surface area contributed by atoms with Crippen LogP contribution in [0.15, 0.2) is 24.3 Å². The maximum atomic E-state index is 12.3. The van der Waals surface area contributed by atoms with Gasteiger partial charge in [-0.3, -0.25) is 4.79 Å². The lowest BCUT2D eigenvalue weighted by Gasteiger charge is -2.36. The molecule has 4 heteroatoms. The van der Waals surface area contributed by atoms with Gasteiger partial charge in [0.15, 0.2) is 0 Å². The Morgan fingerprint density at radius 2 is 2.00 bits per heavy atom. The fourth-order valence-corrected chi connectivity index (χ4v) is 2.66. The Hall–Kier alpha value is -1.06. The van der Waals surface area contributed by atoms with Gasteiger partial charge in [0.2, 0.25) is 0 Å². The van der Waals surface area contributed by atoms with Gasteiger partial charge in [-0.05, 0) is 44.4 Å². The predicted octanol–water partition coefficient (Wildman–Crippen LogP) is 2.53. The summed E-state index contributed by atoms with van der Waals surface area (Å²) in [5.41, 5.74) is 1.81. The normalized spacial score (nSPS) is 26.4. The van der Waals surface area contributed by atoms with E-state index in [0.717, 1.165) is 24.1 Å². The molecule has 0 bridgehead atoms. The summed E-state index contributed by atoms with van der Waals surface area (Å²) >= 11 is 0. The highest BCUT2D eigenvalue weighted by atomic mass is 35.5. The van der Waals surface area contributed by atoms with Gasteiger partial charge in [0.05, 0.1) is 0 Å². The minimum absolute atomic E-state index is 0. The van der Waals surface area contributed by atoms with Crippen LogP contribution in [0.2, 0.25) is 0 Å². The van der Waals surface area contributed by atoms with Crippen LogP contribution in [0.4, 0.5) is 0 Å². The third kappa shape index (κ3) is 3.71. The molecule has 1 aliphatic heterocycles. The summed E-state index contributed by atoms with van der Waals surface area (Å²) < 4.78 is 0. The number of rotatable bonds is 2. The van der Waals surface area contributed by atoms with Crippen molar-refractivity contribution in [3.8, 4) is 0 Å². The number of amides is 1. The maximum absolute atomic E-state index is 12.3. The van der Waals surface area contributed by atoms with Crippen molar-refractivity contribution in [3.63, 3.8) is 0 Å². The van der Waals surface area contributed by atoms with Gasteiger partial charge >= 0.3 is 0 Å². The summed E-state index contributed by atoms with van der Waals surface area (Å²) in [6.07, 6.45) is 1.11. The maximum Gasteiger partial charge on any atom is 0.251 e. The fourth-order valence-electron chi connectivity index (χ4n) is 2.66. The van der Waals surface area contributed by atoms with Gasteiger partial charge in [-0.1, -0.05) is 25.1 Å². The van der Waals surface area contributed by atoms with Gasteiger partial charge in [0.25, 0.3) is 5.91 Å². The number of piperidine rings is 1. The Bertz CT molecular complexity index is 426. The first kappa shape index (κ1) is 16.0. The predicted molar refractivity (Wildman–Crippen MR) is 80.9 cm³/mol. The second-order valence-electron chi connectivity index (χ2n) is 5.32. The second-order valence-corrected chi connectivity index (χ2v) is 5.32. The van der Waals surface area contributed by atoms with Crippen molar-refractivity contribution in [2.45, 2.75) is 39.3 Å². The van der Waals surface area contributed by atoms with E-state index in [4.69, 9.17) is 0 Å². The Morgan fingerprint density at radius 3 is 2.63 bits per heavy atom. The first-order valence-corrected chi connectivity index (χ1v) is 6.69. The van der Waals surface area contributed by atoms with Crippen molar-refractivity contribution < 1.29 is 4.79 Å². The quantitative estimate of drug-likeness (QED) is 0.875. The molecule has 1 aromatic carbocycles. The lowest BCUT2D eigenvalue weighted by Crippen LogP contribution is -2.55. The Balaban J connectivity index is 0.00000180. The van der Waals surface area contributed by atoms with Crippen LogP contribution in [0.25, 0.3) is 0 Å². The molecule has 19 heavy (non-hydrogen) atoms. The third-order valence-electron chi connectivity index (χ3n) is 3.91. The van der Waals surface area contributed by atoms with Crippen LogP contribution in [0.5, 0.6) is 0 Å². The van der Waals surface area contributed by atoms with Gasteiger partial charge in [-0.25, -0.2) is 0 Å². The summed E-state index contributed by atoms with van der Waals surface area (Å²) in [5.74, 6) is 0.565. The number of carbonyl (C=O) groups excluding carboxylic acids is 1. The highest BCUT2D eigenvalue weighted by molar-refractivity contribution is 5.95. The largest absolute Gasteiger partial charge is 0.347 e. The molecule has 0 spiro atoms. The van der Waals surface area contributed by atoms with Crippen molar-refractivity contribution in [3.05, 3.63) is 35.4 Å². The third-order valence-corrected chi connectivity index (χ3v) is 3.91. The molecule has 1 aromatic rings. The standard InChI is InChI=1S/C15H22N2O.ClH/c1-10-6-4-5-7-13(10)15(18)17-14-11(2)8-9-16-12(14)3;/h4-7,11-12,14,16H,8-9H2,1-3H3,(H,17,18);1H. The molecule has 2 N–H and O–H groups in total. The van der Waals surface area contributed by atoms with E-state index in [9.17, 15) is 4.79 Å². The van der Waals surface area contributed by atoms with Crippen molar-refractivity contribution in [1.29, 1.82) is 0 Å². The molecule has 0 saturated carbocycles. The number of nitrogens with one attached hydrogen (secondary N) is 2. The summed E-state index contributed by atoms with van der Waals surface area (Å²) in [4.78, 5) is 12.3. The molecule has 0 radical (unpaired) electrons. The average Bonchev–Trinajstić information content (AvgIpc) is 2.34. The molecule has 1 amide bonds. The van der Waals surface area contributed by atoms with Crippen molar-refractivity contribution >= 4 is 18.3 Å².